The second-order valence-corrected chi connectivity index (χ2v) is 9.49. The topological polar surface area (TPSA) is 90.3 Å². The first kappa shape index (κ1) is 25.2. The summed E-state index contributed by atoms with van der Waals surface area (Å²) >= 11 is 0. The lowest BCUT2D eigenvalue weighted by molar-refractivity contribution is 0.0912. The molecule has 4 rings (SSSR count). The number of ether oxygens (including phenoxy) is 1. The van der Waals surface area contributed by atoms with Crippen molar-refractivity contribution in [1.82, 2.24) is 15.2 Å². The molecule has 1 amide bonds. The SMILES string of the molecule is C=C(C#N)CNc1c(OC)ccc2ccc(-c3cccnc3C(=O)NC3CCC(N(C)C)CC3)cc12. The Balaban J connectivity index is 1.64. The second kappa shape index (κ2) is 11.2. The number of hydrogen-bond acceptors (Lipinski definition) is 6. The van der Waals surface area contributed by atoms with Crippen molar-refractivity contribution in [1.29, 1.82) is 5.26 Å². The Kier molecular flexibility index (Phi) is 7.87. The van der Waals surface area contributed by atoms with E-state index in [0.29, 0.717) is 29.6 Å². The molecule has 0 spiro atoms. The van der Waals surface area contributed by atoms with Gasteiger partial charge < -0.3 is 20.3 Å². The smallest absolute Gasteiger partial charge is 0.270 e. The van der Waals surface area contributed by atoms with Crippen molar-refractivity contribution in [2.45, 2.75) is 37.8 Å². The number of pyridine rings is 1. The number of hydrogen-bond donors (Lipinski definition) is 2. The maximum Gasteiger partial charge on any atom is 0.270 e. The van der Waals surface area contributed by atoms with E-state index in [4.69, 9.17) is 10.00 Å². The molecule has 1 aliphatic carbocycles. The Hall–Kier alpha value is -3.89. The van der Waals surface area contributed by atoms with Gasteiger partial charge in [0.25, 0.3) is 5.91 Å². The molecule has 36 heavy (non-hydrogen) atoms. The lowest BCUT2D eigenvalue weighted by Gasteiger charge is -2.33. The summed E-state index contributed by atoms with van der Waals surface area (Å²) in [7, 11) is 5.85. The molecule has 1 saturated carbocycles. The number of methoxy groups -OCH3 is 1. The van der Waals surface area contributed by atoms with Gasteiger partial charge in [0.1, 0.15) is 11.4 Å². The fourth-order valence-electron chi connectivity index (χ4n) is 4.86. The molecule has 0 atom stereocenters. The van der Waals surface area contributed by atoms with Crippen LogP contribution in [0.3, 0.4) is 0 Å². The van der Waals surface area contributed by atoms with Crippen LogP contribution in [0, 0.1) is 11.3 Å². The molecule has 2 aromatic carbocycles. The summed E-state index contributed by atoms with van der Waals surface area (Å²) in [5, 5.41) is 17.6. The number of carbonyl (C=O) groups excluding carboxylic acids is 1. The van der Waals surface area contributed by atoms with E-state index in [1.165, 1.54) is 0 Å². The maximum atomic E-state index is 13.3. The van der Waals surface area contributed by atoms with Crippen molar-refractivity contribution in [2.75, 3.05) is 33.1 Å². The third-order valence-corrected chi connectivity index (χ3v) is 6.94. The molecular formula is C29H33N5O2. The van der Waals surface area contributed by atoms with Crippen molar-refractivity contribution >= 4 is 22.4 Å². The minimum Gasteiger partial charge on any atom is -0.495 e. The van der Waals surface area contributed by atoms with Crippen LogP contribution in [0.1, 0.15) is 36.2 Å². The van der Waals surface area contributed by atoms with Crippen LogP contribution in [0.25, 0.3) is 21.9 Å². The molecule has 7 nitrogen and oxygen atoms in total. The monoisotopic (exact) mass is 483 g/mol. The zero-order valence-electron chi connectivity index (χ0n) is 21.2. The molecule has 186 valence electrons. The normalized spacial score (nSPS) is 17.4. The number of anilines is 1. The van der Waals surface area contributed by atoms with Gasteiger partial charge in [-0.1, -0.05) is 30.8 Å². The Morgan fingerprint density at radius 2 is 1.94 bits per heavy atom. The van der Waals surface area contributed by atoms with E-state index < -0.39 is 0 Å². The Bertz CT molecular complexity index is 1300. The number of nitriles is 1. The lowest BCUT2D eigenvalue weighted by atomic mass is 9.90. The first-order valence-electron chi connectivity index (χ1n) is 12.3. The Morgan fingerprint density at radius 3 is 2.64 bits per heavy atom. The van der Waals surface area contributed by atoms with E-state index in [-0.39, 0.29) is 11.9 Å². The average Bonchev–Trinajstić information content (AvgIpc) is 2.91. The van der Waals surface area contributed by atoms with Gasteiger partial charge >= 0.3 is 0 Å². The molecule has 0 unspecified atom stereocenters. The molecule has 1 fully saturated rings. The van der Waals surface area contributed by atoms with Crippen LogP contribution in [0.5, 0.6) is 5.75 Å². The third kappa shape index (κ3) is 5.50. The first-order chi connectivity index (χ1) is 17.4. The summed E-state index contributed by atoms with van der Waals surface area (Å²) in [6.07, 6.45) is 5.75. The van der Waals surface area contributed by atoms with Gasteiger partial charge in [0, 0.05) is 41.3 Å². The third-order valence-electron chi connectivity index (χ3n) is 6.94. The summed E-state index contributed by atoms with van der Waals surface area (Å²) in [5.41, 5.74) is 3.28. The minimum absolute atomic E-state index is 0.145. The first-order valence-corrected chi connectivity index (χ1v) is 12.3. The summed E-state index contributed by atoms with van der Waals surface area (Å²) in [6.45, 7) is 4.07. The molecule has 0 saturated heterocycles. The number of nitrogens with one attached hydrogen (secondary N) is 2. The molecule has 0 radical (unpaired) electrons. The van der Waals surface area contributed by atoms with Crippen molar-refractivity contribution in [3.63, 3.8) is 0 Å². The minimum atomic E-state index is -0.145. The maximum absolute atomic E-state index is 13.3. The van der Waals surface area contributed by atoms with E-state index in [0.717, 1.165) is 53.3 Å². The fraction of sp³-hybridized carbons (Fsp3) is 0.345. The predicted molar refractivity (Wildman–Crippen MR) is 144 cm³/mol. The van der Waals surface area contributed by atoms with Gasteiger partial charge in [-0.15, -0.1) is 0 Å². The van der Waals surface area contributed by atoms with Crippen molar-refractivity contribution in [3.8, 4) is 22.9 Å². The number of carbonyl (C=O) groups is 1. The lowest BCUT2D eigenvalue weighted by Crippen LogP contribution is -2.42. The summed E-state index contributed by atoms with van der Waals surface area (Å²) in [4.78, 5) is 20.0. The molecule has 1 heterocycles. The van der Waals surface area contributed by atoms with E-state index in [9.17, 15) is 4.79 Å². The number of rotatable bonds is 8. The molecule has 0 bridgehead atoms. The van der Waals surface area contributed by atoms with Gasteiger partial charge in [-0.3, -0.25) is 9.78 Å². The summed E-state index contributed by atoms with van der Waals surface area (Å²) in [5.74, 6) is 0.524. The number of aromatic nitrogens is 1. The number of nitrogens with zero attached hydrogens (tertiary/aromatic N) is 3. The van der Waals surface area contributed by atoms with Gasteiger partial charge in [0.15, 0.2) is 0 Å². The molecule has 0 aliphatic heterocycles. The number of benzene rings is 2. The molecule has 1 aliphatic rings. The molecule has 2 N–H and O–H groups in total. The largest absolute Gasteiger partial charge is 0.495 e. The van der Waals surface area contributed by atoms with E-state index in [1.54, 1.807) is 13.3 Å². The highest BCUT2D eigenvalue weighted by Crippen LogP contribution is 2.36. The van der Waals surface area contributed by atoms with Gasteiger partial charge in [-0.05, 0) is 68.9 Å². The second-order valence-electron chi connectivity index (χ2n) is 9.49. The molecular weight excluding hydrogens is 450 g/mol. The van der Waals surface area contributed by atoms with Crippen LogP contribution >= 0.6 is 0 Å². The zero-order chi connectivity index (χ0) is 25.7. The number of amides is 1. The van der Waals surface area contributed by atoms with E-state index in [1.807, 2.05) is 42.5 Å². The van der Waals surface area contributed by atoms with Crippen molar-refractivity contribution in [2.24, 2.45) is 0 Å². The van der Waals surface area contributed by atoms with Crippen LogP contribution in [-0.2, 0) is 0 Å². The van der Waals surface area contributed by atoms with Crippen LogP contribution in [0.15, 0.2) is 60.8 Å². The number of fused-ring (bicyclic) bond motifs is 1. The van der Waals surface area contributed by atoms with E-state index in [2.05, 4.69) is 47.3 Å². The van der Waals surface area contributed by atoms with Crippen LogP contribution in [-0.4, -0.2) is 55.6 Å². The fourth-order valence-corrected chi connectivity index (χ4v) is 4.86. The van der Waals surface area contributed by atoms with Gasteiger partial charge in [-0.2, -0.15) is 5.26 Å². The zero-order valence-corrected chi connectivity index (χ0v) is 21.2. The standard InChI is InChI=1S/C29H33N5O2/c1-19(17-30)18-32-27-25-16-21(8-7-20(25)9-14-26(27)36-4)24-6-5-15-31-28(24)29(35)33-22-10-12-23(13-11-22)34(2)3/h5-9,14-16,22-23,32H,1,10-13,18H2,2-4H3,(H,33,35). The van der Waals surface area contributed by atoms with Crippen molar-refractivity contribution < 1.29 is 9.53 Å². The Labute approximate surface area is 212 Å². The summed E-state index contributed by atoms with van der Waals surface area (Å²) < 4.78 is 5.58. The van der Waals surface area contributed by atoms with Crippen LogP contribution in [0.2, 0.25) is 0 Å². The van der Waals surface area contributed by atoms with Crippen molar-refractivity contribution in [3.05, 3.63) is 66.5 Å². The molecule has 3 aromatic rings. The Morgan fingerprint density at radius 1 is 1.19 bits per heavy atom. The van der Waals surface area contributed by atoms with Gasteiger partial charge in [-0.25, -0.2) is 0 Å². The molecule has 7 heteroatoms. The average molecular weight is 484 g/mol. The highest BCUT2D eigenvalue weighted by molar-refractivity contribution is 6.03. The van der Waals surface area contributed by atoms with Gasteiger partial charge in [0.05, 0.1) is 18.9 Å². The summed E-state index contributed by atoms with van der Waals surface area (Å²) in [6, 6.07) is 16.5. The van der Waals surface area contributed by atoms with Crippen LogP contribution < -0.4 is 15.4 Å². The predicted octanol–water partition coefficient (Wildman–Crippen LogP) is 5.00. The van der Waals surface area contributed by atoms with Crippen LogP contribution in [0.4, 0.5) is 5.69 Å². The highest BCUT2D eigenvalue weighted by atomic mass is 16.5. The quantitative estimate of drug-likeness (QED) is 0.438. The highest BCUT2D eigenvalue weighted by Gasteiger charge is 2.25. The van der Waals surface area contributed by atoms with E-state index >= 15 is 0 Å². The van der Waals surface area contributed by atoms with Gasteiger partial charge in [0.2, 0.25) is 0 Å². The molecule has 1 aromatic heterocycles.